The molecule has 0 radical (unpaired) electrons. The zero-order valence-corrected chi connectivity index (χ0v) is 9.17. The lowest BCUT2D eigenvalue weighted by atomic mass is 10.3. The Kier molecular flexibility index (Phi) is 3.12. The molecule has 16 heavy (non-hydrogen) atoms. The van der Waals surface area contributed by atoms with Gasteiger partial charge in [-0.2, -0.15) is 0 Å². The van der Waals surface area contributed by atoms with Gasteiger partial charge in [0.05, 0.1) is 5.69 Å². The predicted octanol–water partition coefficient (Wildman–Crippen LogP) is 1.70. The first-order chi connectivity index (χ1) is 7.83. The molecule has 0 aliphatic carbocycles. The van der Waals surface area contributed by atoms with Gasteiger partial charge in [-0.05, 0) is 12.1 Å². The van der Waals surface area contributed by atoms with Crippen molar-refractivity contribution in [3.8, 4) is 0 Å². The van der Waals surface area contributed by atoms with Crippen molar-refractivity contribution >= 4 is 11.5 Å². The van der Waals surface area contributed by atoms with Crippen LogP contribution in [-0.2, 0) is 6.54 Å². The number of hydrogen-bond acceptors (Lipinski definition) is 4. The van der Waals surface area contributed by atoms with E-state index in [0.29, 0.717) is 6.54 Å². The third kappa shape index (κ3) is 2.01. The largest absolute Gasteiger partial charge is 0.328 e. The Hall–Kier alpha value is -1.94. The van der Waals surface area contributed by atoms with Crippen molar-refractivity contribution in [2.45, 2.75) is 6.54 Å². The molecule has 0 bridgehead atoms. The Morgan fingerprint density at radius 2 is 1.81 bits per heavy atom. The summed E-state index contributed by atoms with van der Waals surface area (Å²) in [6.45, 7) is 0.389. The molecular formula is C12H14N4. The Morgan fingerprint density at radius 1 is 1.12 bits per heavy atom. The summed E-state index contributed by atoms with van der Waals surface area (Å²) in [6.07, 6.45) is 3.33. The first kappa shape index (κ1) is 10.6. The Balaban J connectivity index is 2.37. The van der Waals surface area contributed by atoms with Crippen molar-refractivity contribution in [1.82, 2.24) is 9.97 Å². The van der Waals surface area contributed by atoms with Crippen LogP contribution >= 0.6 is 0 Å². The first-order valence-electron chi connectivity index (χ1n) is 5.11. The van der Waals surface area contributed by atoms with Crippen LogP contribution < -0.4 is 10.6 Å². The predicted molar refractivity (Wildman–Crippen MR) is 64.4 cm³/mol. The molecule has 0 fully saturated rings. The smallest absolute Gasteiger partial charge is 0.155 e. The zero-order chi connectivity index (χ0) is 11.4. The molecule has 0 amide bonds. The van der Waals surface area contributed by atoms with Crippen LogP contribution in [0.4, 0.5) is 11.5 Å². The topological polar surface area (TPSA) is 55.0 Å². The Labute approximate surface area is 94.8 Å². The second-order valence-corrected chi connectivity index (χ2v) is 3.43. The van der Waals surface area contributed by atoms with E-state index >= 15 is 0 Å². The quantitative estimate of drug-likeness (QED) is 0.845. The maximum atomic E-state index is 5.64. The molecule has 0 unspecified atom stereocenters. The third-order valence-electron chi connectivity index (χ3n) is 2.41. The van der Waals surface area contributed by atoms with Crippen molar-refractivity contribution in [3.05, 3.63) is 48.4 Å². The van der Waals surface area contributed by atoms with Crippen molar-refractivity contribution in [2.24, 2.45) is 5.73 Å². The van der Waals surface area contributed by atoms with Gasteiger partial charge in [0, 0.05) is 31.7 Å². The van der Waals surface area contributed by atoms with Crippen LogP contribution in [0.5, 0.6) is 0 Å². The monoisotopic (exact) mass is 214 g/mol. The van der Waals surface area contributed by atoms with E-state index < -0.39 is 0 Å². The SMILES string of the molecule is CN(c1ccccc1)c1nccnc1CN. The molecule has 0 saturated heterocycles. The summed E-state index contributed by atoms with van der Waals surface area (Å²) in [5.74, 6) is 0.802. The van der Waals surface area contributed by atoms with Gasteiger partial charge >= 0.3 is 0 Å². The first-order valence-corrected chi connectivity index (χ1v) is 5.11. The molecule has 0 aliphatic rings. The Morgan fingerprint density at radius 3 is 2.50 bits per heavy atom. The molecule has 4 nitrogen and oxygen atoms in total. The van der Waals surface area contributed by atoms with Crippen molar-refractivity contribution in [2.75, 3.05) is 11.9 Å². The molecule has 2 aromatic rings. The van der Waals surface area contributed by atoms with Crippen LogP contribution in [0.3, 0.4) is 0 Å². The molecule has 1 heterocycles. The number of benzene rings is 1. The van der Waals surface area contributed by atoms with Crippen LogP contribution in [0.2, 0.25) is 0 Å². The van der Waals surface area contributed by atoms with Crippen LogP contribution in [-0.4, -0.2) is 17.0 Å². The van der Waals surface area contributed by atoms with E-state index in [2.05, 4.69) is 9.97 Å². The van der Waals surface area contributed by atoms with Gasteiger partial charge in [0.25, 0.3) is 0 Å². The van der Waals surface area contributed by atoms with Crippen molar-refractivity contribution < 1.29 is 0 Å². The fraction of sp³-hybridized carbons (Fsp3) is 0.167. The van der Waals surface area contributed by atoms with Gasteiger partial charge in [0.1, 0.15) is 0 Å². The molecule has 2 N–H and O–H groups in total. The highest BCUT2D eigenvalue weighted by Gasteiger charge is 2.09. The maximum absolute atomic E-state index is 5.64. The van der Waals surface area contributed by atoms with E-state index in [1.807, 2.05) is 42.3 Å². The number of aromatic nitrogens is 2. The number of nitrogens with two attached hydrogens (primary N) is 1. The zero-order valence-electron chi connectivity index (χ0n) is 9.17. The molecule has 2 rings (SSSR count). The van der Waals surface area contributed by atoms with Gasteiger partial charge in [-0.15, -0.1) is 0 Å². The van der Waals surface area contributed by atoms with E-state index in [1.54, 1.807) is 12.4 Å². The van der Waals surface area contributed by atoms with Gasteiger partial charge in [-0.3, -0.25) is 4.98 Å². The minimum Gasteiger partial charge on any atom is -0.328 e. The summed E-state index contributed by atoms with van der Waals surface area (Å²) in [4.78, 5) is 10.5. The lowest BCUT2D eigenvalue weighted by molar-refractivity contribution is 0.940. The molecule has 4 heteroatoms. The van der Waals surface area contributed by atoms with E-state index in [-0.39, 0.29) is 0 Å². The molecule has 0 saturated carbocycles. The number of nitrogens with zero attached hydrogens (tertiary/aromatic N) is 3. The average Bonchev–Trinajstić information content (AvgIpc) is 2.39. The summed E-state index contributed by atoms with van der Waals surface area (Å²) >= 11 is 0. The summed E-state index contributed by atoms with van der Waals surface area (Å²) in [5.41, 5.74) is 7.50. The van der Waals surface area contributed by atoms with Crippen LogP contribution in [0.15, 0.2) is 42.7 Å². The third-order valence-corrected chi connectivity index (χ3v) is 2.41. The Bertz CT molecular complexity index is 456. The maximum Gasteiger partial charge on any atom is 0.155 e. The second kappa shape index (κ2) is 4.72. The van der Waals surface area contributed by atoms with Gasteiger partial charge in [0.2, 0.25) is 0 Å². The standard InChI is InChI=1S/C12H14N4/c1-16(10-5-3-2-4-6-10)12-11(9-13)14-7-8-15-12/h2-8H,9,13H2,1H3. The van der Waals surface area contributed by atoms with Crippen molar-refractivity contribution in [3.63, 3.8) is 0 Å². The van der Waals surface area contributed by atoms with Crippen LogP contribution in [0.25, 0.3) is 0 Å². The number of anilines is 2. The normalized spacial score (nSPS) is 10.1. The lowest BCUT2D eigenvalue weighted by Crippen LogP contribution is -2.16. The highest BCUT2D eigenvalue weighted by atomic mass is 15.2. The van der Waals surface area contributed by atoms with E-state index in [0.717, 1.165) is 17.2 Å². The number of para-hydroxylation sites is 1. The van der Waals surface area contributed by atoms with Crippen LogP contribution in [0, 0.1) is 0 Å². The summed E-state index contributed by atoms with van der Waals surface area (Å²) in [7, 11) is 1.96. The van der Waals surface area contributed by atoms with Crippen LogP contribution in [0.1, 0.15) is 5.69 Å². The lowest BCUT2D eigenvalue weighted by Gasteiger charge is -2.19. The summed E-state index contributed by atoms with van der Waals surface area (Å²) < 4.78 is 0. The highest BCUT2D eigenvalue weighted by molar-refractivity contribution is 5.60. The highest BCUT2D eigenvalue weighted by Crippen LogP contribution is 2.22. The molecule has 1 aromatic carbocycles. The van der Waals surface area contributed by atoms with Gasteiger partial charge in [-0.1, -0.05) is 18.2 Å². The molecule has 0 atom stereocenters. The van der Waals surface area contributed by atoms with Gasteiger partial charge in [-0.25, -0.2) is 4.98 Å². The molecule has 0 aliphatic heterocycles. The minimum absolute atomic E-state index is 0.389. The summed E-state index contributed by atoms with van der Waals surface area (Å²) in [5, 5.41) is 0. The molecular weight excluding hydrogens is 200 g/mol. The fourth-order valence-electron chi connectivity index (χ4n) is 1.56. The van der Waals surface area contributed by atoms with E-state index in [4.69, 9.17) is 5.73 Å². The van der Waals surface area contributed by atoms with Gasteiger partial charge in [0.15, 0.2) is 5.82 Å². The van der Waals surface area contributed by atoms with E-state index in [9.17, 15) is 0 Å². The summed E-state index contributed by atoms with van der Waals surface area (Å²) in [6, 6.07) is 10.0. The van der Waals surface area contributed by atoms with E-state index in [1.165, 1.54) is 0 Å². The minimum atomic E-state index is 0.389. The molecule has 82 valence electrons. The molecule has 0 spiro atoms. The second-order valence-electron chi connectivity index (χ2n) is 3.43. The van der Waals surface area contributed by atoms with Gasteiger partial charge < -0.3 is 10.6 Å². The number of rotatable bonds is 3. The molecule has 1 aromatic heterocycles. The average molecular weight is 214 g/mol. The van der Waals surface area contributed by atoms with Crippen molar-refractivity contribution in [1.29, 1.82) is 0 Å². The fourth-order valence-corrected chi connectivity index (χ4v) is 1.56. The number of hydrogen-bond donors (Lipinski definition) is 1.